The number of aliphatic hydroxyl groups excluding tert-OH is 1. The number of nitrogens with one attached hydrogen (secondary N) is 1. The molecule has 0 aliphatic heterocycles. The van der Waals surface area contributed by atoms with E-state index in [9.17, 15) is 13.2 Å². The molecular weight excluding hydrogens is 235 g/mol. The summed E-state index contributed by atoms with van der Waals surface area (Å²) >= 11 is 0. The Labute approximate surface area is 97.2 Å². The highest BCUT2D eigenvalue weighted by atomic mass is 19.3. The number of hydrogen-bond donors (Lipinski definition) is 2. The van der Waals surface area contributed by atoms with Crippen molar-refractivity contribution in [1.82, 2.24) is 5.32 Å². The first-order chi connectivity index (χ1) is 8.04. The average Bonchev–Trinajstić information content (AvgIpc) is 2.25. The number of benzene rings is 1. The second-order valence-electron chi connectivity index (χ2n) is 3.46. The molecule has 1 aromatic carbocycles. The summed E-state index contributed by atoms with van der Waals surface area (Å²) in [5.41, 5.74) is 0.417. The topological polar surface area (TPSA) is 41.5 Å². The number of aliphatic hydroxyl groups is 1. The van der Waals surface area contributed by atoms with Crippen molar-refractivity contribution >= 4 is 0 Å². The van der Waals surface area contributed by atoms with Gasteiger partial charge < -0.3 is 15.2 Å². The van der Waals surface area contributed by atoms with Crippen LogP contribution in [0, 0.1) is 5.82 Å². The van der Waals surface area contributed by atoms with Crippen molar-refractivity contribution < 1.29 is 23.0 Å². The Balaban J connectivity index is 2.88. The Morgan fingerprint density at radius 2 is 2.12 bits per heavy atom. The molecule has 0 aliphatic carbocycles. The number of hydrogen-bond acceptors (Lipinski definition) is 3. The molecule has 1 aromatic rings. The van der Waals surface area contributed by atoms with Crippen LogP contribution < -0.4 is 10.1 Å². The molecule has 1 unspecified atom stereocenters. The summed E-state index contributed by atoms with van der Waals surface area (Å²) in [6.07, 6.45) is 0. The molecule has 0 aliphatic rings. The quantitative estimate of drug-likeness (QED) is 0.811. The van der Waals surface area contributed by atoms with Crippen LogP contribution in [0.2, 0.25) is 0 Å². The molecule has 0 saturated carbocycles. The lowest BCUT2D eigenvalue weighted by atomic mass is 10.1. The van der Waals surface area contributed by atoms with E-state index >= 15 is 0 Å². The monoisotopic (exact) mass is 249 g/mol. The maximum absolute atomic E-state index is 12.9. The van der Waals surface area contributed by atoms with Gasteiger partial charge in [0.15, 0.2) is 0 Å². The lowest BCUT2D eigenvalue weighted by Crippen LogP contribution is -2.23. The van der Waals surface area contributed by atoms with E-state index in [0.717, 1.165) is 6.07 Å². The minimum absolute atomic E-state index is 0.0728. The highest BCUT2D eigenvalue weighted by Crippen LogP contribution is 2.27. The Hall–Kier alpha value is -1.27. The van der Waals surface area contributed by atoms with Crippen molar-refractivity contribution in [1.29, 1.82) is 0 Å². The summed E-state index contributed by atoms with van der Waals surface area (Å²) in [7, 11) is 0. The molecule has 1 atom stereocenters. The largest absolute Gasteiger partial charge is 0.434 e. The standard InChI is InChI=1S/C11H14F3NO2/c1-7(15-4-5-16)9-3-2-8(12)6-10(9)17-11(13)14/h2-3,6-7,11,15-16H,4-5H2,1H3. The molecule has 0 fully saturated rings. The van der Waals surface area contributed by atoms with Gasteiger partial charge >= 0.3 is 6.61 Å². The van der Waals surface area contributed by atoms with Gasteiger partial charge in [-0.3, -0.25) is 0 Å². The third-order valence-electron chi connectivity index (χ3n) is 2.22. The Morgan fingerprint density at radius 3 is 2.71 bits per heavy atom. The highest BCUT2D eigenvalue weighted by molar-refractivity contribution is 5.36. The van der Waals surface area contributed by atoms with Gasteiger partial charge in [-0.25, -0.2) is 4.39 Å². The van der Waals surface area contributed by atoms with Crippen LogP contribution in [0.15, 0.2) is 18.2 Å². The van der Waals surface area contributed by atoms with Crippen LogP contribution in [0.1, 0.15) is 18.5 Å². The fraction of sp³-hybridized carbons (Fsp3) is 0.455. The van der Waals surface area contributed by atoms with Gasteiger partial charge in [-0.05, 0) is 13.0 Å². The van der Waals surface area contributed by atoms with Crippen molar-refractivity contribution in [3.8, 4) is 5.75 Å². The molecule has 17 heavy (non-hydrogen) atoms. The number of halogens is 3. The predicted octanol–water partition coefficient (Wildman–Crippen LogP) is 2.07. The molecule has 2 N–H and O–H groups in total. The molecule has 3 nitrogen and oxygen atoms in total. The number of alkyl halides is 2. The molecule has 0 saturated heterocycles. The van der Waals surface area contributed by atoms with Crippen molar-refractivity contribution in [2.24, 2.45) is 0 Å². The van der Waals surface area contributed by atoms with Gasteiger partial charge in [0.25, 0.3) is 0 Å². The Kier molecular flexibility index (Phi) is 5.24. The van der Waals surface area contributed by atoms with E-state index in [2.05, 4.69) is 10.1 Å². The summed E-state index contributed by atoms with van der Waals surface area (Å²) in [5.74, 6) is -0.836. The normalized spacial score (nSPS) is 12.8. The molecule has 1 rings (SSSR count). The van der Waals surface area contributed by atoms with E-state index in [1.54, 1.807) is 6.92 Å². The van der Waals surface area contributed by atoms with Crippen molar-refractivity contribution in [3.05, 3.63) is 29.6 Å². The third-order valence-corrected chi connectivity index (χ3v) is 2.22. The Morgan fingerprint density at radius 1 is 1.41 bits per heavy atom. The Bertz CT molecular complexity index is 361. The van der Waals surface area contributed by atoms with Crippen LogP contribution in [-0.2, 0) is 0 Å². The molecular formula is C11H14F3NO2. The first-order valence-electron chi connectivity index (χ1n) is 5.13. The average molecular weight is 249 g/mol. The molecule has 0 aromatic heterocycles. The zero-order valence-corrected chi connectivity index (χ0v) is 9.29. The van der Waals surface area contributed by atoms with Gasteiger partial charge in [0.1, 0.15) is 11.6 Å². The van der Waals surface area contributed by atoms with Crippen LogP contribution in [0.5, 0.6) is 5.75 Å². The summed E-state index contributed by atoms with van der Waals surface area (Å²) in [6.45, 7) is -1.05. The number of rotatable bonds is 6. The first kappa shape index (κ1) is 13.8. The minimum Gasteiger partial charge on any atom is -0.434 e. The van der Waals surface area contributed by atoms with Crippen molar-refractivity contribution in [2.75, 3.05) is 13.2 Å². The fourth-order valence-corrected chi connectivity index (χ4v) is 1.45. The van der Waals surface area contributed by atoms with Crippen LogP contribution in [-0.4, -0.2) is 24.9 Å². The second kappa shape index (κ2) is 6.46. The molecule has 0 heterocycles. The SMILES string of the molecule is CC(NCCO)c1ccc(F)cc1OC(F)F. The van der Waals surface area contributed by atoms with Crippen LogP contribution in [0.25, 0.3) is 0 Å². The summed E-state index contributed by atoms with van der Waals surface area (Å²) in [6, 6.07) is 3.14. The molecule has 0 radical (unpaired) electrons. The zero-order chi connectivity index (χ0) is 12.8. The minimum atomic E-state index is -3.00. The number of ether oxygens (including phenoxy) is 1. The predicted molar refractivity (Wildman–Crippen MR) is 56.5 cm³/mol. The van der Waals surface area contributed by atoms with E-state index in [-0.39, 0.29) is 18.4 Å². The van der Waals surface area contributed by atoms with Gasteiger partial charge in [-0.2, -0.15) is 8.78 Å². The maximum Gasteiger partial charge on any atom is 0.387 e. The lowest BCUT2D eigenvalue weighted by molar-refractivity contribution is -0.0508. The van der Waals surface area contributed by atoms with Crippen LogP contribution >= 0.6 is 0 Å². The maximum atomic E-state index is 12.9. The summed E-state index contributed by atoms with van der Waals surface area (Å²) < 4.78 is 41.5. The second-order valence-corrected chi connectivity index (χ2v) is 3.46. The van der Waals surface area contributed by atoms with Crippen molar-refractivity contribution in [3.63, 3.8) is 0 Å². The van der Waals surface area contributed by atoms with Crippen molar-refractivity contribution in [2.45, 2.75) is 19.6 Å². The lowest BCUT2D eigenvalue weighted by Gasteiger charge is -2.17. The molecule has 0 bridgehead atoms. The third kappa shape index (κ3) is 4.24. The highest BCUT2D eigenvalue weighted by Gasteiger charge is 2.15. The summed E-state index contributed by atoms with van der Waals surface area (Å²) in [5, 5.41) is 11.5. The van der Waals surface area contributed by atoms with Gasteiger partial charge in [-0.15, -0.1) is 0 Å². The van der Waals surface area contributed by atoms with E-state index in [4.69, 9.17) is 5.11 Å². The molecule has 0 spiro atoms. The van der Waals surface area contributed by atoms with E-state index in [1.807, 2.05) is 0 Å². The van der Waals surface area contributed by atoms with E-state index in [1.165, 1.54) is 12.1 Å². The molecule has 0 amide bonds. The molecule has 96 valence electrons. The van der Waals surface area contributed by atoms with Gasteiger partial charge in [-0.1, -0.05) is 6.07 Å². The van der Waals surface area contributed by atoms with Gasteiger partial charge in [0.2, 0.25) is 0 Å². The van der Waals surface area contributed by atoms with Crippen LogP contribution in [0.3, 0.4) is 0 Å². The smallest absolute Gasteiger partial charge is 0.387 e. The van der Waals surface area contributed by atoms with Crippen LogP contribution in [0.4, 0.5) is 13.2 Å². The van der Waals surface area contributed by atoms with E-state index in [0.29, 0.717) is 12.1 Å². The van der Waals surface area contributed by atoms with E-state index < -0.39 is 12.4 Å². The van der Waals surface area contributed by atoms with Gasteiger partial charge in [0.05, 0.1) is 6.61 Å². The molecule has 6 heteroatoms. The fourth-order valence-electron chi connectivity index (χ4n) is 1.45. The zero-order valence-electron chi connectivity index (χ0n) is 9.29. The van der Waals surface area contributed by atoms with Gasteiger partial charge in [0, 0.05) is 24.2 Å². The summed E-state index contributed by atoms with van der Waals surface area (Å²) in [4.78, 5) is 0. The first-order valence-corrected chi connectivity index (χ1v) is 5.13.